The van der Waals surface area contributed by atoms with Gasteiger partial charge in [-0.25, -0.2) is 9.78 Å². The highest BCUT2D eigenvalue weighted by Crippen LogP contribution is 2.13. The summed E-state index contributed by atoms with van der Waals surface area (Å²) in [4.78, 5) is 50.9. The van der Waals surface area contributed by atoms with E-state index < -0.39 is 23.7 Å². The molecule has 2 rings (SSSR count). The number of carbonyl (C=O) groups excluding carboxylic acids is 4. The van der Waals surface area contributed by atoms with E-state index in [0.717, 1.165) is 16.2 Å². The van der Waals surface area contributed by atoms with Crippen LogP contribution in [0.15, 0.2) is 5.38 Å². The molecule has 9 heteroatoms. The van der Waals surface area contributed by atoms with Crippen molar-refractivity contribution in [1.29, 1.82) is 0 Å². The number of amides is 3. The predicted molar refractivity (Wildman–Crippen MR) is 67.1 cm³/mol. The largest absolute Gasteiger partial charge is 0.461 e. The zero-order chi connectivity index (χ0) is 14.7. The molecule has 0 atom stereocenters. The lowest BCUT2D eigenvalue weighted by molar-refractivity contribution is -0.135. The fourth-order valence-corrected chi connectivity index (χ4v) is 2.28. The molecule has 0 saturated carbocycles. The van der Waals surface area contributed by atoms with Crippen LogP contribution in [0.25, 0.3) is 0 Å². The fourth-order valence-electron chi connectivity index (χ4n) is 1.60. The van der Waals surface area contributed by atoms with Crippen LogP contribution in [0, 0.1) is 0 Å². The number of hydrogen-bond acceptors (Lipinski definition) is 7. The molecule has 8 nitrogen and oxygen atoms in total. The summed E-state index contributed by atoms with van der Waals surface area (Å²) < 4.78 is 4.77. The van der Waals surface area contributed by atoms with Crippen LogP contribution < -0.4 is 5.32 Å². The van der Waals surface area contributed by atoms with E-state index in [9.17, 15) is 19.2 Å². The van der Waals surface area contributed by atoms with Gasteiger partial charge in [0.25, 0.3) is 5.91 Å². The lowest BCUT2D eigenvalue weighted by Gasteiger charge is -2.24. The van der Waals surface area contributed by atoms with Gasteiger partial charge in [-0.1, -0.05) is 0 Å². The monoisotopic (exact) mass is 297 g/mol. The van der Waals surface area contributed by atoms with Crippen LogP contribution in [0.5, 0.6) is 0 Å². The smallest absolute Gasteiger partial charge is 0.367 e. The van der Waals surface area contributed by atoms with Crippen LogP contribution in [-0.2, 0) is 14.3 Å². The Kier molecular flexibility index (Phi) is 4.08. The first-order chi connectivity index (χ1) is 9.51. The van der Waals surface area contributed by atoms with Gasteiger partial charge in [0.1, 0.15) is 18.8 Å². The molecule has 1 N–H and O–H groups in total. The van der Waals surface area contributed by atoms with E-state index >= 15 is 0 Å². The molecule has 1 aromatic rings. The van der Waals surface area contributed by atoms with Crippen LogP contribution in [-0.4, -0.2) is 53.3 Å². The minimum Gasteiger partial charge on any atom is -0.461 e. The summed E-state index contributed by atoms with van der Waals surface area (Å²) in [5, 5.41) is 3.54. The molecule has 0 unspecified atom stereocenters. The fraction of sp³-hybridized carbons (Fsp3) is 0.364. The molecule has 1 saturated heterocycles. The quantitative estimate of drug-likeness (QED) is 0.591. The topological polar surface area (TPSA) is 106 Å². The normalized spacial score (nSPS) is 14.9. The van der Waals surface area contributed by atoms with Gasteiger partial charge in [0.05, 0.1) is 6.61 Å². The minimum atomic E-state index is -0.607. The van der Waals surface area contributed by atoms with Crippen molar-refractivity contribution >= 4 is 35.0 Å². The molecule has 0 bridgehead atoms. The Morgan fingerprint density at radius 3 is 2.65 bits per heavy atom. The molecule has 2 heterocycles. The van der Waals surface area contributed by atoms with Crippen molar-refractivity contribution in [2.45, 2.75) is 6.92 Å². The van der Waals surface area contributed by atoms with Gasteiger partial charge in [-0.2, -0.15) is 0 Å². The minimum absolute atomic E-state index is 0.0144. The zero-order valence-electron chi connectivity index (χ0n) is 10.5. The molecule has 0 radical (unpaired) electrons. The van der Waals surface area contributed by atoms with Crippen LogP contribution in [0.2, 0.25) is 0 Å². The van der Waals surface area contributed by atoms with Crippen molar-refractivity contribution in [3.63, 3.8) is 0 Å². The van der Waals surface area contributed by atoms with E-state index in [4.69, 9.17) is 4.74 Å². The second-order valence-electron chi connectivity index (χ2n) is 3.89. The number of hydrogen-bond donors (Lipinski definition) is 1. The van der Waals surface area contributed by atoms with E-state index in [1.807, 2.05) is 0 Å². The third-order valence-electron chi connectivity index (χ3n) is 2.41. The zero-order valence-corrected chi connectivity index (χ0v) is 11.4. The van der Waals surface area contributed by atoms with Gasteiger partial charge in [0.2, 0.25) is 16.8 Å². The molecular weight excluding hydrogens is 286 g/mol. The molecule has 1 aromatic heterocycles. The number of nitrogens with zero attached hydrogens (tertiary/aromatic N) is 2. The number of piperazine rings is 1. The van der Waals surface area contributed by atoms with E-state index in [2.05, 4.69) is 10.3 Å². The molecule has 1 aliphatic rings. The summed E-state index contributed by atoms with van der Waals surface area (Å²) in [6.45, 7) is 1.45. The molecule has 3 amide bonds. The summed E-state index contributed by atoms with van der Waals surface area (Å²) in [6.07, 6.45) is 0. The number of aromatic nitrogens is 1. The number of carbonyl (C=O) groups is 4. The van der Waals surface area contributed by atoms with Crippen molar-refractivity contribution in [2.75, 3.05) is 19.7 Å². The Balaban J connectivity index is 2.11. The van der Waals surface area contributed by atoms with Crippen LogP contribution in [0.4, 0.5) is 0 Å². The highest BCUT2D eigenvalue weighted by atomic mass is 32.1. The number of rotatable bonds is 3. The summed E-state index contributed by atoms with van der Waals surface area (Å²) in [5.74, 6) is -2.27. The summed E-state index contributed by atoms with van der Waals surface area (Å²) in [5.41, 5.74) is 0.0144. The predicted octanol–water partition coefficient (Wildman–Crippen LogP) is -0.582. The first-order valence-electron chi connectivity index (χ1n) is 5.76. The van der Waals surface area contributed by atoms with Gasteiger partial charge in [-0.3, -0.25) is 19.7 Å². The van der Waals surface area contributed by atoms with E-state index in [0.29, 0.717) is 0 Å². The van der Waals surface area contributed by atoms with Gasteiger partial charge in [-0.05, 0) is 6.92 Å². The van der Waals surface area contributed by atoms with Gasteiger partial charge >= 0.3 is 5.97 Å². The summed E-state index contributed by atoms with van der Waals surface area (Å²) in [7, 11) is 0. The molecule has 20 heavy (non-hydrogen) atoms. The summed E-state index contributed by atoms with van der Waals surface area (Å²) >= 11 is 0.973. The maximum absolute atomic E-state index is 12.1. The number of nitrogens with one attached hydrogen (secondary N) is 1. The number of thiazole rings is 1. The molecule has 0 aliphatic carbocycles. The third kappa shape index (κ3) is 2.99. The molecule has 0 aromatic carbocycles. The van der Waals surface area contributed by atoms with Crippen molar-refractivity contribution in [3.8, 4) is 0 Å². The Labute approximate surface area is 117 Å². The van der Waals surface area contributed by atoms with Gasteiger partial charge in [0, 0.05) is 5.38 Å². The average Bonchev–Trinajstić information content (AvgIpc) is 2.86. The molecular formula is C11H11N3O5S. The van der Waals surface area contributed by atoms with E-state index in [1.165, 1.54) is 5.38 Å². The van der Waals surface area contributed by atoms with Crippen molar-refractivity contribution < 1.29 is 23.9 Å². The highest BCUT2D eigenvalue weighted by molar-refractivity contribution is 7.11. The first-order valence-corrected chi connectivity index (χ1v) is 6.63. The van der Waals surface area contributed by atoms with Crippen molar-refractivity contribution in [1.82, 2.24) is 15.2 Å². The van der Waals surface area contributed by atoms with E-state index in [1.54, 1.807) is 6.92 Å². The van der Waals surface area contributed by atoms with Gasteiger partial charge in [0.15, 0.2) is 0 Å². The Hall–Kier alpha value is -2.29. The molecule has 1 fully saturated rings. The third-order valence-corrected chi connectivity index (χ3v) is 3.23. The molecule has 106 valence electrons. The Morgan fingerprint density at radius 2 is 2.05 bits per heavy atom. The number of ether oxygens (including phenoxy) is 1. The first kappa shape index (κ1) is 14.1. The standard InChI is InChI=1S/C11H11N3O5S/c1-2-19-11(18)9-12-6(5-20-9)10(17)14-3-7(15)13-8(16)4-14/h5H,2-4H2,1H3,(H,13,15,16). The number of imide groups is 1. The lowest BCUT2D eigenvalue weighted by Crippen LogP contribution is -2.53. The second kappa shape index (κ2) is 5.78. The number of esters is 1. The SMILES string of the molecule is CCOC(=O)c1nc(C(=O)N2CC(=O)NC(=O)C2)cs1. The maximum Gasteiger partial charge on any atom is 0.367 e. The van der Waals surface area contributed by atoms with Gasteiger partial charge in [-0.15, -0.1) is 11.3 Å². The van der Waals surface area contributed by atoms with Gasteiger partial charge < -0.3 is 9.64 Å². The van der Waals surface area contributed by atoms with Crippen LogP contribution in [0.3, 0.4) is 0 Å². The second-order valence-corrected chi connectivity index (χ2v) is 4.75. The van der Waals surface area contributed by atoms with Crippen LogP contribution in [0.1, 0.15) is 27.2 Å². The lowest BCUT2D eigenvalue weighted by atomic mass is 10.3. The molecule has 1 aliphatic heterocycles. The highest BCUT2D eigenvalue weighted by Gasteiger charge is 2.28. The van der Waals surface area contributed by atoms with Crippen LogP contribution >= 0.6 is 11.3 Å². The summed E-state index contributed by atoms with van der Waals surface area (Å²) in [6, 6.07) is 0. The average molecular weight is 297 g/mol. The molecule has 0 spiro atoms. The van der Waals surface area contributed by atoms with Crippen molar-refractivity contribution in [3.05, 3.63) is 16.1 Å². The van der Waals surface area contributed by atoms with E-state index in [-0.39, 0.29) is 30.4 Å². The Morgan fingerprint density at radius 1 is 1.40 bits per heavy atom. The maximum atomic E-state index is 12.1. The van der Waals surface area contributed by atoms with Crippen molar-refractivity contribution in [2.24, 2.45) is 0 Å². The Bertz CT molecular complexity index is 566.